The molecule has 2 heterocycles. The summed E-state index contributed by atoms with van der Waals surface area (Å²) in [6.45, 7) is 6.72. The van der Waals surface area contributed by atoms with Crippen LogP contribution in [0.25, 0.3) is 0 Å². The van der Waals surface area contributed by atoms with Crippen LogP contribution >= 0.6 is 23.2 Å². The van der Waals surface area contributed by atoms with E-state index in [4.69, 9.17) is 27.9 Å². The van der Waals surface area contributed by atoms with E-state index in [9.17, 15) is 4.79 Å². The van der Waals surface area contributed by atoms with Gasteiger partial charge in [0.25, 0.3) is 5.91 Å². The summed E-state index contributed by atoms with van der Waals surface area (Å²) in [6.07, 6.45) is 5.91. The number of unbranched alkanes of at least 4 members (excludes halogenated alkanes) is 2. The van der Waals surface area contributed by atoms with Crippen LogP contribution in [0.3, 0.4) is 0 Å². The predicted octanol–water partition coefficient (Wildman–Crippen LogP) is 4.96. The largest absolute Gasteiger partial charge is 0.490 e. The van der Waals surface area contributed by atoms with Crippen LogP contribution in [0.4, 0.5) is 0 Å². The minimum Gasteiger partial charge on any atom is -0.490 e. The van der Waals surface area contributed by atoms with Crippen LogP contribution in [-0.2, 0) is 6.42 Å². The molecule has 1 aliphatic heterocycles. The van der Waals surface area contributed by atoms with E-state index < -0.39 is 0 Å². The van der Waals surface area contributed by atoms with Gasteiger partial charge < -0.3 is 9.64 Å². The van der Waals surface area contributed by atoms with Gasteiger partial charge in [-0.1, -0.05) is 49.0 Å². The molecule has 1 aliphatic rings. The summed E-state index contributed by atoms with van der Waals surface area (Å²) in [4.78, 5) is 21.5. The molecule has 1 saturated heterocycles. The molecule has 0 bridgehead atoms. The third kappa shape index (κ3) is 6.34. The quantitative estimate of drug-likeness (QED) is 0.507. The highest BCUT2D eigenvalue weighted by Gasteiger charge is 2.23. The van der Waals surface area contributed by atoms with Gasteiger partial charge in [-0.15, -0.1) is 0 Å². The zero-order valence-corrected chi connectivity index (χ0v) is 19.0. The van der Waals surface area contributed by atoms with E-state index in [1.165, 1.54) is 0 Å². The standard InChI is InChI=1S/C23H29Cl2N3O2/c1-2-3-6-15-30-22-20(24)16-18(17-21(22)25)23(29)28-13-11-27(12-14-28)10-8-19-7-4-5-9-26-19/h4-5,7,9,16-17H,2-3,6,8,10-15H2,1H3. The van der Waals surface area contributed by atoms with E-state index in [0.717, 1.165) is 51.0 Å². The summed E-state index contributed by atoms with van der Waals surface area (Å²) in [6, 6.07) is 9.31. The zero-order valence-electron chi connectivity index (χ0n) is 17.4. The summed E-state index contributed by atoms with van der Waals surface area (Å²) in [7, 11) is 0. The first-order valence-corrected chi connectivity index (χ1v) is 11.4. The van der Waals surface area contributed by atoms with Gasteiger partial charge >= 0.3 is 0 Å². The van der Waals surface area contributed by atoms with Crippen molar-refractivity contribution < 1.29 is 9.53 Å². The number of aromatic nitrogens is 1. The Kier molecular flexibility index (Phi) is 8.79. The van der Waals surface area contributed by atoms with Gasteiger partial charge in [-0.3, -0.25) is 14.7 Å². The minimum atomic E-state index is -0.0410. The molecule has 0 saturated carbocycles. The van der Waals surface area contributed by atoms with Crippen molar-refractivity contribution in [1.29, 1.82) is 0 Å². The van der Waals surface area contributed by atoms with Crippen molar-refractivity contribution in [1.82, 2.24) is 14.8 Å². The van der Waals surface area contributed by atoms with E-state index in [-0.39, 0.29) is 5.91 Å². The number of piperazine rings is 1. The molecule has 5 nitrogen and oxygen atoms in total. The van der Waals surface area contributed by atoms with Gasteiger partial charge in [-0.2, -0.15) is 0 Å². The maximum absolute atomic E-state index is 12.9. The second kappa shape index (κ2) is 11.5. The normalized spacial score (nSPS) is 14.7. The Morgan fingerprint density at radius 2 is 1.83 bits per heavy atom. The summed E-state index contributed by atoms with van der Waals surface area (Å²) >= 11 is 12.7. The van der Waals surface area contributed by atoms with Gasteiger partial charge in [0, 0.05) is 56.6 Å². The van der Waals surface area contributed by atoms with Gasteiger partial charge in [-0.25, -0.2) is 0 Å². The number of carbonyl (C=O) groups is 1. The lowest BCUT2D eigenvalue weighted by Crippen LogP contribution is -2.49. The summed E-state index contributed by atoms with van der Waals surface area (Å²) < 4.78 is 5.73. The highest BCUT2D eigenvalue weighted by molar-refractivity contribution is 6.37. The van der Waals surface area contributed by atoms with Crippen LogP contribution in [-0.4, -0.2) is 60.0 Å². The predicted molar refractivity (Wildman–Crippen MR) is 122 cm³/mol. The molecule has 1 amide bonds. The third-order valence-corrected chi connectivity index (χ3v) is 5.87. The lowest BCUT2D eigenvalue weighted by atomic mass is 10.1. The van der Waals surface area contributed by atoms with Crippen molar-refractivity contribution in [3.8, 4) is 5.75 Å². The molecule has 0 radical (unpaired) electrons. The number of rotatable bonds is 9. The van der Waals surface area contributed by atoms with Gasteiger partial charge in [0.15, 0.2) is 5.75 Å². The van der Waals surface area contributed by atoms with Crippen molar-refractivity contribution in [3.63, 3.8) is 0 Å². The molecule has 3 rings (SSSR count). The number of hydrogen-bond donors (Lipinski definition) is 0. The van der Waals surface area contributed by atoms with Gasteiger partial charge in [-0.05, 0) is 30.7 Å². The molecule has 7 heteroatoms. The lowest BCUT2D eigenvalue weighted by Gasteiger charge is -2.34. The number of ether oxygens (including phenoxy) is 1. The molecule has 1 aromatic heterocycles. The van der Waals surface area contributed by atoms with Gasteiger partial charge in [0.05, 0.1) is 16.7 Å². The Balaban J connectivity index is 1.52. The first-order chi connectivity index (χ1) is 14.6. The van der Waals surface area contributed by atoms with Gasteiger partial charge in [0.2, 0.25) is 0 Å². The Hall–Kier alpha value is -1.82. The smallest absolute Gasteiger partial charge is 0.254 e. The monoisotopic (exact) mass is 449 g/mol. The zero-order chi connectivity index (χ0) is 21.3. The number of amides is 1. The summed E-state index contributed by atoms with van der Waals surface area (Å²) in [5.41, 5.74) is 1.60. The minimum absolute atomic E-state index is 0.0410. The maximum Gasteiger partial charge on any atom is 0.254 e. The number of hydrogen-bond acceptors (Lipinski definition) is 4. The Morgan fingerprint density at radius 3 is 2.47 bits per heavy atom. The molecule has 162 valence electrons. The summed E-state index contributed by atoms with van der Waals surface area (Å²) in [5.74, 6) is 0.422. The van der Waals surface area contributed by atoms with E-state index in [0.29, 0.717) is 41.1 Å². The van der Waals surface area contributed by atoms with Crippen LogP contribution < -0.4 is 4.74 Å². The van der Waals surface area contributed by atoms with E-state index in [2.05, 4.69) is 16.8 Å². The Morgan fingerprint density at radius 1 is 1.10 bits per heavy atom. The van der Waals surface area contributed by atoms with Crippen LogP contribution in [0.2, 0.25) is 10.0 Å². The molecule has 0 spiro atoms. The Bertz CT molecular complexity index is 801. The van der Waals surface area contributed by atoms with E-state index in [1.54, 1.807) is 12.1 Å². The van der Waals surface area contributed by atoms with Gasteiger partial charge in [0.1, 0.15) is 0 Å². The molecule has 0 atom stereocenters. The average molecular weight is 450 g/mol. The van der Waals surface area contributed by atoms with Crippen LogP contribution in [0, 0.1) is 0 Å². The molecule has 30 heavy (non-hydrogen) atoms. The van der Waals surface area contributed by atoms with Crippen LogP contribution in [0.15, 0.2) is 36.5 Å². The fourth-order valence-corrected chi connectivity index (χ4v) is 4.12. The van der Waals surface area contributed by atoms with E-state index in [1.807, 2.05) is 29.3 Å². The molecular weight excluding hydrogens is 421 g/mol. The summed E-state index contributed by atoms with van der Waals surface area (Å²) in [5, 5.41) is 0.771. The molecule has 0 aliphatic carbocycles. The highest BCUT2D eigenvalue weighted by Crippen LogP contribution is 2.35. The number of nitrogens with zero attached hydrogens (tertiary/aromatic N) is 3. The highest BCUT2D eigenvalue weighted by atomic mass is 35.5. The molecule has 0 N–H and O–H groups in total. The lowest BCUT2D eigenvalue weighted by molar-refractivity contribution is 0.0638. The second-order valence-electron chi connectivity index (χ2n) is 7.53. The average Bonchev–Trinajstić information content (AvgIpc) is 2.77. The third-order valence-electron chi connectivity index (χ3n) is 5.31. The van der Waals surface area contributed by atoms with E-state index >= 15 is 0 Å². The molecule has 2 aromatic rings. The molecule has 0 unspecified atom stereocenters. The maximum atomic E-state index is 12.9. The van der Waals surface area contributed by atoms with Crippen molar-refractivity contribution in [3.05, 3.63) is 57.8 Å². The Labute approximate surface area is 188 Å². The number of carbonyl (C=O) groups excluding carboxylic acids is 1. The molecular formula is C23H29Cl2N3O2. The van der Waals surface area contributed by atoms with Crippen molar-refractivity contribution >= 4 is 29.1 Å². The number of benzene rings is 1. The fraction of sp³-hybridized carbons (Fsp3) is 0.478. The number of halogens is 2. The first kappa shape index (κ1) is 22.9. The van der Waals surface area contributed by atoms with Crippen molar-refractivity contribution in [2.24, 2.45) is 0 Å². The molecule has 1 fully saturated rings. The topological polar surface area (TPSA) is 45.7 Å². The first-order valence-electron chi connectivity index (χ1n) is 10.6. The van der Waals surface area contributed by atoms with Crippen LogP contribution in [0.1, 0.15) is 42.2 Å². The van der Waals surface area contributed by atoms with Crippen molar-refractivity contribution in [2.45, 2.75) is 32.6 Å². The number of pyridine rings is 1. The second-order valence-corrected chi connectivity index (χ2v) is 8.34. The van der Waals surface area contributed by atoms with Crippen molar-refractivity contribution in [2.75, 3.05) is 39.3 Å². The fourth-order valence-electron chi connectivity index (χ4n) is 3.52. The molecule has 1 aromatic carbocycles. The van der Waals surface area contributed by atoms with Crippen LogP contribution in [0.5, 0.6) is 5.75 Å². The SMILES string of the molecule is CCCCCOc1c(Cl)cc(C(=O)N2CCN(CCc3ccccn3)CC2)cc1Cl.